The second kappa shape index (κ2) is 11.6. The van der Waals surface area contributed by atoms with Gasteiger partial charge in [-0.1, -0.05) is 43.5 Å². The topological polar surface area (TPSA) is 137 Å². The highest BCUT2D eigenvalue weighted by Gasteiger charge is 2.58. The van der Waals surface area contributed by atoms with Crippen LogP contribution in [0.15, 0.2) is 53.6 Å². The summed E-state index contributed by atoms with van der Waals surface area (Å²) < 4.78 is 39.4. The smallest absolute Gasteiger partial charge is 0.278 e. The van der Waals surface area contributed by atoms with Crippen molar-refractivity contribution in [3.8, 4) is 17.0 Å². The molecule has 4 aliphatic heterocycles. The van der Waals surface area contributed by atoms with E-state index in [0.717, 1.165) is 37.7 Å². The number of amides is 1. The third kappa shape index (κ3) is 5.99. The van der Waals surface area contributed by atoms with Gasteiger partial charge in [0.1, 0.15) is 5.75 Å². The van der Waals surface area contributed by atoms with Crippen molar-refractivity contribution in [3.63, 3.8) is 0 Å². The molecule has 3 aromatic rings. The number of nitrogen functional groups attached to an aromatic ring is 1. The molecule has 0 aliphatic carbocycles. The van der Waals surface area contributed by atoms with Gasteiger partial charge in [-0.25, -0.2) is 18.4 Å². The number of sulfone groups is 1. The van der Waals surface area contributed by atoms with Gasteiger partial charge in [-0.05, 0) is 59.0 Å². The van der Waals surface area contributed by atoms with Crippen molar-refractivity contribution in [2.24, 2.45) is 0 Å². The van der Waals surface area contributed by atoms with E-state index in [0.29, 0.717) is 42.3 Å². The van der Waals surface area contributed by atoms with E-state index in [2.05, 4.69) is 15.3 Å². The zero-order valence-corrected chi connectivity index (χ0v) is 25.5. The third-order valence-corrected chi connectivity index (χ3v) is 10.1. The Morgan fingerprint density at radius 2 is 1.76 bits per heavy atom. The molecular weight excluding hydrogens is 554 g/mol. The van der Waals surface area contributed by atoms with Crippen LogP contribution < -0.4 is 15.8 Å². The third-order valence-electron chi connectivity index (χ3n) is 7.88. The number of ether oxygens (including phenoxy) is 2. The Hall–Kier alpha value is -3.54. The van der Waals surface area contributed by atoms with Crippen LogP contribution in [0.1, 0.15) is 68.4 Å². The maximum Gasteiger partial charge on any atom is 0.278 e. The number of hydrogen-bond acceptors (Lipinski definition) is 9. The highest BCUT2D eigenvalue weighted by molar-refractivity contribution is 7.92. The molecule has 2 aromatic carbocycles. The minimum absolute atomic E-state index is 0.0186. The van der Waals surface area contributed by atoms with Crippen LogP contribution in [0.5, 0.6) is 5.75 Å². The normalized spacial score (nSPS) is 24.4. The van der Waals surface area contributed by atoms with Gasteiger partial charge < -0.3 is 25.4 Å². The van der Waals surface area contributed by atoms with Gasteiger partial charge in [0.25, 0.3) is 5.91 Å². The summed E-state index contributed by atoms with van der Waals surface area (Å²) in [5.41, 5.74) is 8.04. The number of para-hydroxylation sites is 1. The van der Waals surface area contributed by atoms with Crippen molar-refractivity contribution >= 4 is 27.2 Å². The maximum atomic E-state index is 13.5. The maximum absolute atomic E-state index is 13.5. The van der Waals surface area contributed by atoms with Crippen LogP contribution in [-0.2, 0) is 21.1 Å². The van der Waals surface area contributed by atoms with Crippen LogP contribution in [0.3, 0.4) is 0 Å². The van der Waals surface area contributed by atoms with Crippen LogP contribution in [-0.4, -0.2) is 60.4 Å². The fraction of sp³-hybridized carbons (Fsp3) is 0.452. The average Bonchev–Trinajstić information content (AvgIpc) is 2.92. The highest BCUT2D eigenvalue weighted by atomic mass is 32.2. The second-order valence-corrected chi connectivity index (χ2v) is 14.2. The molecule has 6 bridgehead atoms. The molecule has 1 amide bonds. The Balaban J connectivity index is 1.50. The number of benzene rings is 2. The molecule has 7 rings (SSSR count). The lowest BCUT2D eigenvalue weighted by Gasteiger charge is -2.52. The number of nitrogens with two attached hydrogens (primary N) is 1. The Morgan fingerprint density at radius 1 is 1.05 bits per heavy atom. The summed E-state index contributed by atoms with van der Waals surface area (Å²) in [4.78, 5) is 23.1. The van der Waals surface area contributed by atoms with Crippen molar-refractivity contribution in [2.75, 3.05) is 31.8 Å². The van der Waals surface area contributed by atoms with Crippen LogP contribution in [0.2, 0.25) is 0 Å². The molecule has 1 aromatic heterocycles. The molecule has 3 N–H and O–H groups in total. The number of nitrogens with one attached hydrogen (secondary N) is 1. The lowest BCUT2D eigenvalue weighted by Crippen LogP contribution is -2.60. The molecule has 2 atom stereocenters. The highest BCUT2D eigenvalue weighted by Crippen LogP contribution is 2.49. The van der Waals surface area contributed by atoms with Gasteiger partial charge in [0.15, 0.2) is 16.4 Å². The Morgan fingerprint density at radius 3 is 2.48 bits per heavy atom. The van der Waals surface area contributed by atoms with Crippen LogP contribution in [0, 0.1) is 0 Å². The molecule has 2 unspecified atom stereocenters. The van der Waals surface area contributed by atoms with E-state index in [4.69, 9.17) is 15.2 Å². The molecule has 5 heterocycles. The largest absolute Gasteiger partial charge is 0.491 e. The minimum atomic E-state index is -3.74. The first kappa shape index (κ1) is 29.9. The van der Waals surface area contributed by atoms with Gasteiger partial charge in [-0.2, -0.15) is 0 Å². The van der Waals surface area contributed by atoms with E-state index in [1.807, 2.05) is 38.1 Å². The standard InChI is InChI=1S/C31H39N5O5S/c1-30-16-7-5-6-8-17-40-27-22(19-36(3)4)10-9-11-24(27)35-29(37)26-28(32)33-18-25(34-26)21-12-14-23(15-13-21)42(38,39)31(2,20-30)41-30/h9-15,18H,5-8,16-17,19-20H2,1-4H3,(H2,32,33)(H,35,37). The number of aromatic nitrogens is 2. The number of carbonyl (C=O) groups excluding carboxylic acids is 1. The summed E-state index contributed by atoms with van der Waals surface area (Å²) in [5, 5.41) is 2.93. The zero-order chi connectivity index (χ0) is 30.1. The number of fused-ring (bicyclic) bond motifs is 1. The molecular formula is C31H39N5O5S. The first-order valence-electron chi connectivity index (χ1n) is 14.3. The van der Waals surface area contributed by atoms with Gasteiger partial charge in [0.05, 0.1) is 34.7 Å². The van der Waals surface area contributed by atoms with Crippen molar-refractivity contribution < 1.29 is 22.7 Å². The van der Waals surface area contributed by atoms with Gasteiger partial charge in [0, 0.05) is 24.1 Å². The molecule has 4 aliphatic rings. The average molecular weight is 594 g/mol. The summed E-state index contributed by atoms with van der Waals surface area (Å²) >= 11 is 0. The zero-order valence-electron chi connectivity index (χ0n) is 24.6. The van der Waals surface area contributed by atoms with E-state index in [-0.39, 0.29) is 16.4 Å². The van der Waals surface area contributed by atoms with E-state index in [1.54, 1.807) is 37.3 Å². The van der Waals surface area contributed by atoms with E-state index < -0.39 is 26.3 Å². The monoisotopic (exact) mass is 593 g/mol. The minimum Gasteiger partial charge on any atom is -0.491 e. The molecule has 42 heavy (non-hydrogen) atoms. The van der Waals surface area contributed by atoms with Gasteiger partial charge in [-0.3, -0.25) is 4.79 Å². The fourth-order valence-corrected chi connectivity index (χ4v) is 7.67. The van der Waals surface area contributed by atoms with Crippen LogP contribution >= 0.6 is 0 Å². The van der Waals surface area contributed by atoms with E-state index in [9.17, 15) is 13.2 Å². The molecule has 1 fully saturated rings. The molecule has 0 spiro atoms. The number of anilines is 2. The first-order chi connectivity index (χ1) is 19.9. The predicted molar refractivity (Wildman–Crippen MR) is 162 cm³/mol. The molecule has 1 saturated heterocycles. The Labute approximate surface area is 247 Å². The molecule has 11 heteroatoms. The van der Waals surface area contributed by atoms with E-state index >= 15 is 0 Å². The summed E-state index contributed by atoms with van der Waals surface area (Å²) in [5.74, 6) is 0.0823. The Bertz CT molecular complexity index is 1570. The summed E-state index contributed by atoms with van der Waals surface area (Å²) in [6.45, 7) is 4.76. The SMILES string of the molecule is CN(C)Cc1cccc2c1OCCCCCCC1(C)CC(C)(O1)S(=O)(=O)c1ccc(cc1)-c1cnc(N)c(n1)C(=O)N2. The van der Waals surface area contributed by atoms with Gasteiger partial charge >= 0.3 is 0 Å². The first-order valence-corrected chi connectivity index (χ1v) is 15.8. The lowest BCUT2D eigenvalue weighted by atomic mass is 9.86. The summed E-state index contributed by atoms with van der Waals surface area (Å²) in [6.07, 6.45) is 6.38. The fourth-order valence-electron chi connectivity index (χ4n) is 5.87. The summed E-state index contributed by atoms with van der Waals surface area (Å²) in [6, 6.07) is 12.0. The quantitative estimate of drug-likeness (QED) is 0.418. The molecule has 10 nitrogen and oxygen atoms in total. The second-order valence-electron chi connectivity index (χ2n) is 11.9. The van der Waals surface area contributed by atoms with Crippen molar-refractivity contribution in [1.82, 2.24) is 14.9 Å². The van der Waals surface area contributed by atoms with Gasteiger partial charge in [0.2, 0.25) is 9.84 Å². The Kier molecular flexibility index (Phi) is 8.28. The molecule has 224 valence electrons. The molecule has 0 radical (unpaired) electrons. The van der Waals surface area contributed by atoms with Crippen molar-refractivity contribution in [3.05, 3.63) is 59.9 Å². The van der Waals surface area contributed by atoms with Crippen molar-refractivity contribution in [2.45, 2.75) is 74.3 Å². The number of hydrogen-bond donors (Lipinski definition) is 2. The number of carbonyl (C=O) groups is 1. The number of rotatable bonds is 2. The lowest BCUT2D eigenvalue weighted by molar-refractivity contribution is -0.215. The predicted octanol–water partition coefficient (Wildman–Crippen LogP) is 5.05. The van der Waals surface area contributed by atoms with E-state index in [1.165, 1.54) is 6.20 Å². The van der Waals surface area contributed by atoms with Crippen LogP contribution in [0.4, 0.5) is 11.5 Å². The molecule has 0 saturated carbocycles. The summed E-state index contributed by atoms with van der Waals surface area (Å²) in [7, 11) is 0.217. The number of nitrogens with zero attached hydrogens (tertiary/aromatic N) is 3. The van der Waals surface area contributed by atoms with Crippen LogP contribution in [0.25, 0.3) is 11.3 Å². The van der Waals surface area contributed by atoms with Crippen molar-refractivity contribution in [1.29, 1.82) is 0 Å². The van der Waals surface area contributed by atoms with Gasteiger partial charge in [-0.15, -0.1) is 0 Å².